The lowest BCUT2D eigenvalue weighted by Crippen LogP contribution is -2.36. The molecule has 0 atom stereocenters. The van der Waals surface area contributed by atoms with Crippen molar-refractivity contribution in [3.63, 3.8) is 0 Å². The van der Waals surface area contributed by atoms with E-state index < -0.39 is 18.8 Å². The number of carbonyl (C=O) groups is 1. The van der Waals surface area contributed by atoms with E-state index in [4.69, 9.17) is 4.74 Å². The van der Waals surface area contributed by atoms with E-state index in [1.54, 1.807) is 20.4 Å². The molecular weight excluding hydrogens is 397 g/mol. The third-order valence-corrected chi connectivity index (χ3v) is 6.43. The van der Waals surface area contributed by atoms with Gasteiger partial charge in [-0.2, -0.15) is 0 Å². The maximum Gasteiger partial charge on any atom is 0.414 e. The van der Waals surface area contributed by atoms with Crippen molar-refractivity contribution in [3.8, 4) is 11.1 Å². The van der Waals surface area contributed by atoms with Gasteiger partial charge in [0, 0.05) is 35.7 Å². The quantitative estimate of drug-likeness (QED) is 0.565. The molecule has 1 amide bonds. The highest BCUT2D eigenvalue weighted by atomic mass is 31.2. The molecule has 0 bridgehead atoms. The number of aryl methyl sites for hydroxylation is 1. The van der Waals surface area contributed by atoms with Gasteiger partial charge in [-0.1, -0.05) is 13.0 Å². The number of carbonyl (C=O) groups excluding carboxylic acids is 1. The molecule has 7 heteroatoms. The Morgan fingerprint density at radius 2 is 1.90 bits per heavy atom. The van der Waals surface area contributed by atoms with Gasteiger partial charge in [0.1, 0.15) is 18.4 Å². The molecule has 2 heterocycles. The van der Waals surface area contributed by atoms with Crippen LogP contribution in [0.15, 0.2) is 36.7 Å². The molecule has 160 valence electrons. The molecule has 30 heavy (non-hydrogen) atoms. The molecule has 2 aromatic heterocycles. The first-order chi connectivity index (χ1) is 13.9. The largest absolute Gasteiger partial charge is 0.443 e. The van der Waals surface area contributed by atoms with Crippen LogP contribution in [0.1, 0.15) is 33.3 Å². The number of H-pyrrole nitrogens is 1. The Kier molecular flexibility index (Phi) is 5.83. The van der Waals surface area contributed by atoms with E-state index in [9.17, 15) is 9.36 Å². The molecule has 0 radical (unpaired) electrons. The Balaban J connectivity index is 2.07. The highest BCUT2D eigenvalue weighted by Crippen LogP contribution is 2.40. The summed E-state index contributed by atoms with van der Waals surface area (Å²) in [7, 11) is -1.03. The van der Waals surface area contributed by atoms with Crippen LogP contribution in [0.4, 0.5) is 10.5 Å². The number of nitrogens with zero attached hydrogens (tertiary/aromatic N) is 2. The lowest BCUT2D eigenvalue weighted by atomic mass is 10.0. The van der Waals surface area contributed by atoms with Gasteiger partial charge in [-0.3, -0.25) is 4.90 Å². The lowest BCUT2D eigenvalue weighted by molar-refractivity contribution is 0.0589. The minimum atomic E-state index is -2.68. The number of amides is 1. The summed E-state index contributed by atoms with van der Waals surface area (Å²) in [5.41, 5.74) is 3.89. The van der Waals surface area contributed by atoms with Gasteiger partial charge in [-0.25, -0.2) is 9.78 Å². The molecule has 6 nitrogen and oxygen atoms in total. The van der Waals surface area contributed by atoms with Crippen LogP contribution in [0.2, 0.25) is 0 Å². The zero-order valence-electron chi connectivity index (χ0n) is 18.7. The summed E-state index contributed by atoms with van der Waals surface area (Å²) in [6.07, 6.45) is 4.23. The highest BCUT2D eigenvalue weighted by Gasteiger charge is 2.26. The zero-order valence-corrected chi connectivity index (χ0v) is 19.6. The maximum atomic E-state index is 13.1. The molecule has 0 fully saturated rings. The van der Waals surface area contributed by atoms with Gasteiger partial charge in [-0.15, -0.1) is 0 Å². The molecule has 3 rings (SSSR count). The van der Waals surface area contributed by atoms with Crippen molar-refractivity contribution in [2.75, 3.05) is 25.3 Å². The summed E-state index contributed by atoms with van der Waals surface area (Å²) in [5, 5.41) is 1.72. The van der Waals surface area contributed by atoms with E-state index in [2.05, 4.69) is 23.0 Å². The van der Waals surface area contributed by atoms with E-state index in [-0.39, 0.29) is 0 Å². The lowest BCUT2D eigenvalue weighted by Gasteiger charge is -2.27. The molecular formula is C23H30N3O3P. The predicted molar refractivity (Wildman–Crippen MR) is 125 cm³/mol. The van der Waals surface area contributed by atoms with Gasteiger partial charge in [0.2, 0.25) is 0 Å². The van der Waals surface area contributed by atoms with Crippen LogP contribution in [0.3, 0.4) is 0 Å². The first kappa shape index (κ1) is 22.1. The fourth-order valence-corrected chi connectivity index (χ4v) is 4.58. The third kappa shape index (κ3) is 4.59. The minimum absolute atomic E-state index is 0.479. The molecule has 3 aromatic rings. The number of anilines is 1. The van der Waals surface area contributed by atoms with Gasteiger partial charge in [-0.05, 0) is 69.8 Å². The van der Waals surface area contributed by atoms with Gasteiger partial charge >= 0.3 is 6.09 Å². The summed E-state index contributed by atoms with van der Waals surface area (Å²) >= 11 is 0. The van der Waals surface area contributed by atoms with E-state index >= 15 is 0 Å². The second-order valence-corrected chi connectivity index (χ2v) is 12.1. The number of benzene rings is 1. The van der Waals surface area contributed by atoms with Crippen molar-refractivity contribution < 1.29 is 14.1 Å². The summed E-state index contributed by atoms with van der Waals surface area (Å²) in [6.45, 7) is 11.0. The van der Waals surface area contributed by atoms with Crippen LogP contribution in [-0.2, 0) is 15.7 Å². The monoisotopic (exact) mass is 427 g/mol. The summed E-state index contributed by atoms with van der Waals surface area (Å²) in [6, 6.07) is 7.76. The van der Waals surface area contributed by atoms with Gasteiger partial charge in [0.05, 0.1) is 5.69 Å². The Morgan fingerprint density at radius 3 is 2.50 bits per heavy atom. The van der Waals surface area contributed by atoms with Crippen molar-refractivity contribution in [2.24, 2.45) is 0 Å². The average molecular weight is 427 g/mol. The van der Waals surface area contributed by atoms with Crippen molar-refractivity contribution in [3.05, 3.63) is 42.2 Å². The fourth-order valence-electron chi connectivity index (χ4n) is 3.35. The smallest absolute Gasteiger partial charge is 0.414 e. The van der Waals surface area contributed by atoms with E-state index in [0.717, 1.165) is 28.6 Å². The Morgan fingerprint density at radius 1 is 1.20 bits per heavy atom. The first-order valence-electron chi connectivity index (χ1n) is 10.0. The predicted octanol–water partition coefficient (Wildman–Crippen LogP) is 5.41. The van der Waals surface area contributed by atoms with Gasteiger partial charge in [0.25, 0.3) is 0 Å². The highest BCUT2D eigenvalue weighted by molar-refractivity contribution is 7.70. The first-order valence-corrected chi connectivity index (χ1v) is 12.6. The van der Waals surface area contributed by atoms with E-state index in [1.807, 2.05) is 51.4 Å². The van der Waals surface area contributed by atoms with Gasteiger partial charge < -0.3 is 14.3 Å². The fraction of sp³-hybridized carbons (Fsp3) is 0.391. The number of rotatable bonds is 4. The number of nitrogens with one attached hydrogen (secondary N) is 1. The maximum absolute atomic E-state index is 13.1. The molecule has 1 aromatic carbocycles. The average Bonchev–Trinajstić information content (AvgIpc) is 3.07. The minimum Gasteiger partial charge on any atom is -0.443 e. The normalized spacial score (nSPS) is 12.2. The molecule has 0 aliphatic rings. The molecule has 0 saturated heterocycles. The van der Waals surface area contributed by atoms with E-state index in [1.165, 1.54) is 10.5 Å². The molecule has 0 unspecified atom stereocenters. The number of hydrogen-bond donors (Lipinski definition) is 1. The van der Waals surface area contributed by atoms with Crippen LogP contribution in [0, 0.1) is 0 Å². The number of aromatic nitrogens is 2. The van der Waals surface area contributed by atoms with Crippen LogP contribution in [0.25, 0.3) is 22.2 Å². The van der Waals surface area contributed by atoms with Gasteiger partial charge in [0.15, 0.2) is 0 Å². The number of pyridine rings is 1. The standard InChI is InChI=1S/C23H30N3O3P/c1-8-15-13-24-21-18(15)11-17(14-25-21)16-9-10-19(20(12-16)30(6,7)28)26(5)22(27)29-23(2,3)4/h9-14H,8H2,1-7H3,(H,24,25). The summed E-state index contributed by atoms with van der Waals surface area (Å²) in [4.78, 5) is 21.7. The molecule has 0 aliphatic heterocycles. The molecule has 0 aliphatic carbocycles. The molecule has 0 saturated carbocycles. The third-order valence-electron chi connectivity index (χ3n) is 4.92. The SMILES string of the molecule is CCc1c[nH]c2ncc(-c3ccc(N(C)C(=O)OC(C)(C)C)c(P(C)(C)=O)c3)cc12. The van der Waals surface area contributed by atoms with Crippen LogP contribution < -0.4 is 10.2 Å². The molecule has 0 spiro atoms. The second-order valence-electron chi connectivity index (χ2n) is 8.88. The second kappa shape index (κ2) is 7.92. The number of ether oxygens (including phenoxy) is 1. The summed E-state index contributed by atoms with van der Waals surface area (Å²) in [5.74, 6) is 0. The van der Waals surface area contributed by atoms with Crippen molar-refractivity contribution in [1.29, 1.82) is 0 Å². The van der Waals surface area contributed by atoms with Crippen LogP contribution in [0.5, 0.6) is 0 Å². The zero-order chi connectivity index (χ0) is 22.3. The van der Waals surface area contributed by atoms with E-state index in [0.29, 0.717) is 11.0 Å². The van der Waals surface area contributed by atoms with Crippen molar-refractivity contribution in [1.82, 2.24) is 9.97 Å². The van der Waals surface area contributed by atoms with Crippen LogP contribution in [-0.4, -0.2) is 42.0 Å². The topological polar surface area (TPSA) is 75.3 Å². The number of fused-ring (bicyclic) bond motifs is 1. The Labute approximate surface area is 178 Å². The summed E-state index contributed by atoms with van der Waals surface area (Å²) < 4.78 is 18.6. The number of hydrogen-bond acceptors (Lipinski definition) is 4. The van der Waals surface area contributed by atoms with Crippen LogP contribution >= 0.6 is 7.14 Å². The van der Waals surface area contributed by atoms with Crippen molar-refractivity contribution in [2.45, 2.75) is 39.7 Å². The molecule has 1 N–H and O–H groups in total. The number of aromatic amines is 1. The Hall–Kier alpha value is -2.59. The Bertz CT molecular complexity index is 1140. The van der Waals surface area contributed by atoms with Crippen molar-refractivity contribution >= 4 is 35.3 Å².